The van der Waals surface area contributed by atoms with Gasteiger partial charge in [-0.2, -0.15) is 0 Å². The Hall–Kier alpha value is -1.43. The second kappa shape index (κ2) is 5.77. The van der Waals surface area contributed by atoms with Crippen LogP contribution in [0.25, 0.3) is 0 Å². The summed E-state index contributed by atoms with van der Waals surface area (Å²) in [5.74, 6) is -1.35. The van der Waals surface area contributed by atoms with E-state index >= 15 is 0 Å². The maximum Gasteiger partial charge on any atom is 0.326 e. The summed E-state index contributed by atoms with van der Waals surface area (Å²) in [6.45, 7) is 1.72. The van der Waals surface area contributed by atoms with Crippen molar-refractivity contribution in [1.29, 1.82) is 0 Å². The molecule has 0 fully saturated rings. The van der Waals surface area contributed by atoms with Gasteiger partial charge in [0.2, 0.25) is 0 Å². The van der Waals surface area contributed by atoms with Crippen LogP contribution in [0.1, 0.15) is 23.7 Å². The molecule has 1 heterocycles. The second-order valence-electron chi connectivity index (χ2n) is 3.55. The molecule has 17 heavy (non-hydrogen) atoms. The number of carboxylic acids is 1. The molecule has 0 aliphatic carbocycles. The van der Waals surface area contributed by atoms with Gasteiger partial charge in [-0.15, -0.1) is 0 Å². The van der Waals surface area contributed by atoms with Crippen molar-refractivity contribution in [3.05, 3.63) is 28.5 Å². The van der Waals surface area contributed by atoms with Crippen molar-refractivity contribution in [3.8, 4) is 0 Å². The topological polar surface area (TPSA) is 70.5 Å². The van der Waals surface area contributed by atoms with Gasteiger partial charge in [0.25, 0.3) is 5.91 Å². The molecule has 0 radical (unpaired) electrons. The van der Waals surface area contributed by atoms with E-state index in [-0.39, 0.29) is 5.91 Å². The van der Waals surface area contributed by atoms with Crippen LogP contribution in [-0.2, 0) is 4.79 Å². The molecular formula is C11H13BrN2O3. The molecule has 1 rings (SSSR count). The quantitative estimate of drug-likeness (QED) is 0.861. The molecule has 1 N–H and O–H groups in total. The van der Waals surface area contributed by atoms with Gasteiger partial charge in [0, 0.05) is 13.2 Å². The normalized spacial score (nSPS) is 11.9. The lowest BCUT2D eigenvalue weighted by molar-refractivity contribution is -0.142. The molecule has 0 spiro atoms. The van der Waals surface area contributed by atoms with E-state index in [4.69, 9.17) is 5.11 Å². The highest BCUT2D eigenvalue weighted by Gasteiger charge is 2.25. The first-order chi connectivity index (χ1) is 7.97. The molecule has 1 aromatic rings. The van der Waals surface area contributed by atoms with Crippen molar-refractivity contribution in [2.24, 2.45) is 0 Å². The lowest BCUT2D eigenvalue weighted by Gasteiger charge is -2.23. The zero-order valence-corrected chi connectivity index (χ0v) is 11.1. The number of carbonyl (C=O) groups is 2. The molecule has 0 saturated carbocycles. The largest absolute Gasteiger partial charge is 0.480 e. The Kier molecular flexibility index (Phi) is 4.62. The molecule has 1 amide bonds. The highest BCUT2D eigenvalue weighted by Crippen LogP contribution is 2.11. The smallest absolute Gasteiger partial charge is 0.326 e. The second-order valence-corrected chi connectivity index (χ2v) is 4.36. The number of rotatable bonds is 4. The number of pyridine rings is 1. The number of amides is 1. The van der Waals surface area contributed by atoms with Crippen LogP contribution < -0.4 is 0 Å². The third kappa shape index (κ3) is 3.26. The predicted octanol–water partition coefficient (Wildman–Crippen LogP) is 1.78. The van der Waals surface area contributed by atoms with E-state index in [0.29, 0.717) is 16.6 Å². The molecule has 0 aliphatic heterocycles. The zero-order chi connectivity index (χ0) is 13.0. The van der Waals surface area contributed by atoms with Crippen LogP contribution in [0, 0.1) is 0 Å². The standard InChI is InChI=1S/C11H13BrN2O3/c1-3-8(11(16)17)14(2)10(15)7-4-5-9(12)13-6-7/h4-6,8H,3H2,1-2H3,(H,16,17). The first kappa shape index (κ1) is 13.6. The molecule has 1 atom stereocenters. The number of carbonyl (C=O) groups excluding carboxylic acids is 1. The van der Waals surface area contributed by atoms with E-state index in [9.17, 15) is 9.59 Å². The van der Waals surface area contributed by atoms with Gasteiger partial charge >= 0.3 is 5.97 Å². The molecule has 0 bridgehead atoms. The summed E-state index contributed by atoms with van der Waals surface area (Å²) < 4.78 is 0.627. The Bertz CT molecular complexity index is 419. The minimum atomic E-state index is -1.01. The van der Waals surface area contributed by atoms with Crippen molar-refractivity contribution in [1.82, 2.24) is 9.88 Å². The van der Waals surface area contributed by atoms with Crippen LogP contribution in [0.2, 0.25) is 0 Å². The Morgan fingerprint density at radius 2 is 2.18 bits per heavy atom. The first-order valence-corrected chi connectivity index (χ1v) is 5.88. The summed E-state index contributed by atoms with van der Waals surface area (Å²) in [7, 11) is 1.48. The van der Waals surface area contributed by atoms with Crippen LogP contribution in [-0.4, -0.2) is 40.0 Å². The fraction of sp³-hybridized carbons (Fsp3) is 0.364. The van der Waals surface area contributed by atoms with Gasteiger partial charge < -0.3 is 10.0 Å². The van der Waals surface area contributed by atoms with E-state index < -0.39 is 12.0 Å². The van der Waals surface area contributed by atoms with Crippen molar-refractivity contribution < 1.29 is 14.7 Å². The van der Waals surface area contributed by atoms with Crippen molar-refractivity contribution in [2.75, 3.05) is 7.05 Å². The van der Waals surface area contributed by atoms with Gasteiger partial charge in [0.1, 0.15) is 10.6 Å². The summed E-state index contributed by atoms with van der Waals surface area (Å²) >= 11 is 3.17. The molecule has 92 valence electrons. The summed E-state index contributed by atoms with van der Waals surface area (Å²) in [6.07, 6.45) is 1.78. The summed E-state index contributed by atoms with van der Waals surface area (Å²) in [6, 6.07) is 2.43. The van der Waals surface area contributed by atoms with Gasteiger partial charge in [-0.3, -0.25) is 4.79 Å². The molecule has 0 saturated heterocycles. The van der Waals surface area contributed by atoms with Gasteiger partial charge in [0.15, 0.2) is 0 Å². The van der Waals surface area contributed by atoms with Gasteiger partial charge in [-0.1, -0.05) is 6.92 Å². The lowest BCUT2D eigenvalue weighted by Crippen LogP contribution is -2.41. The molecule has 1 aromatic heterocycles. The van der Waals surface area contributed by atoms with E-state index in [2.05, 4.69) is 20.9 Å². The number of aromatic nitrogens is 1. The number of nitrogens with zero attached hydrogens (tertiary/aromatic N) is 2. The Morgan fingerprint density at radius 1 is 1.53 bits per heavy atom. The number of halogens is 1. The molecule has 0 aliphatic rings. The third-order valence-corrected chi connectivity index (χ3v) is 2.90. The minimum absolute atomic E-state index is 0.348. The van der Waals surface area contributed by atoms with Gasteiger partial charge in [-0.25, -0.2) is 9.78 Å². The predicted molar refractivity (Wildman–Crippen MR) is 65.7 cm³/mol. The Morgan fingerprint density at radius 3 is 2.59 bits per heavy atom. The highest BCUT2D eigenvalue weighted by atomic mass is 79.9. The van der Waals surface area contributed by atoms with Crippen LogP contribution in [0.5, 0.6) is 0 Å². The molecular weight excluding hydrogens is 288 g/mol. The van der Waals surface area contributed by atoms with Gasteiger partial charge in [0.05, 0.1) is 5.56 Å². The van der Waals surface area contributed by atoms with Crippen molar-refractivity contribution in [3.63, 3.8) is 0 Å². The van der Waals surface area contributed by atoms with E-state index in [0.717, 1.165) is 0 Å². The SMILES string of the molecule is CCC(C(=O)O)N(C)C(=O)c1ccc(Br)nc1. The number of likely N-dealkylation sites (N-methyl/N-ethyl adjacent to an activating group) is 1. The molecule has 1 unspecified atom stereocenters. The van der Waals surface area contributed by atoms with Crippen LogP contribution in [0.3, 0.4) is 0 Å². The summed E-state index contributed by atoms with van der Waals surface area (Å²) in [5, 5.41) is 8.97. The van der Waals surface area contributed by atoms with Crippen molar-refractivity contribution in [2.45, 2.75) is 19.4 Å². The van der Waals surface area contributed by atoms with Crippen LogP contribution >= 0.6 is 15.9 Å². The van der Waals surface area contributed by atoms with Crippen LogP contribution in [0.15, 0.2) is 22.9 Å². The zero-order valence-electron chi connectivity index (χ0n) is 9.55. The third-order valence-electron chi connectivity index (χ3n) is 2.43. The number of aliphatic carboxylic acids is 1. The van der Waals surface area contributed by atoms with Crippen LogP contribution in [0.4, 0.5) is 0 Å². The van der Waals surface area contributed by atoms with E-state index in [1.807, 2.05) is 0 Å². The Balaban J connectivity index is 2.89. The fourth-order valence-electron chi connectivity index (χ4n) is 1.46. The summed E-state index contributed by atoms with van der Waals surface area (Å²) in [5.41, 5.74) is 0.371. The Labute approximate surface area is 108 Å². The maximum absolute atomic E-state index is 12.0. The molecule has 5 nitrogen and oxygen atoms in total. The minimum Gasteiger partial charge on any atom is -0.480 e. The number of hydrogen-bond donors (Lipinski definition) is 1. The summed E-state index contributed by atoms with van der Waals surface area (Å²) in [4.78, 5) is 28.1. The monoisotopic (exact) mass is 300 g/mol. The average Bonchev–Trinajstić information content (AvgIpc) is 2.29. The maximum atomic E-state index is 12.0. The molecule has 0 aromatic carbocycles. The number of carboxylic acid groups (broad SMARTS) is 1. The number of hydrogen-bond acceptors (Lipinski definition) is 3. The van der Waals surface area contributed by atoms with Gasteiger partial charge in [-0.05, 0) is 34.5 Å². The van der Waals surface area contributed by atoms with Crippen molar-refractivity contribution >= 4 is 27.8 Å². The lowest BCUT2D eigenvalue weighted by atomic mass is 10.1. The highest BCUT2D eigenvalue weighted by molar-refractivity contribution is 9.10. The fourth-order valence-corrected chi connectivity index (χ4v) is 1.70. The van der Waals surface area contributed by atoms with E-state index in [1.54, 1.807) is 19.1 Å². The van der Waals surface area contributed by atoms with E-state index in [1.165, 1.54) is 18.1 Å². The first-order valence-electron chi connectivity index (χ1n) is 5.09. The molecule has 6 heteroatoms. The average molecular weight is 301 g/mol.